The number of aryl methyl sites for hydroxylation is 1. The summed E-state index contributed by atoms with van der Waals surface area (Å²) in [7, 11) is 1.63. The van der Waals surface area contributed by atoms with E-state index in [1.54, 1.807) is 43.5 Å². The number of fused-ring (bicyclic) bond motifs is 3. The van der Waals surface area contributed by atoms with Crippen LogP contribution in [0, 0.1) is 12.7 Å². The number of hydrogen-bond acceptors (Lipinski definition) is 7. The molecule has 4 aromatic rings. The number of halogens is 3. The minimum Gasteiger partial charge on any atom is -0.373 e. The summed E-state index contributed by atoms with van der Waals surface area (Å²) in [4.78, 5) is 22.9. The van der Waals surface area contributed by atoms with Gasteiger partial charge in [0, 0.05) is 38.2 Å². The molecular formula is C26H28F3N7O2. The lowest BCUT2D eigenvalue weighted by Crippen LogP contribution is -2.45. The fourth-order valence-corrected chi connectivity index (χ4v) is 5.23. The third kappa shape index (κ3) is 4.32. The van der Waals surface area contributed by atoms with Crippen molar-refractivity contribution in [3.05, 3.63) is 58.9 Å². The molecule has 1 saturated heterocycles. The van der Waals surface area contributed by atoms with Crippen LogP contribution in [0.3, 0.4) is 0 Å². The van der Waals surface area contributed by atoms with Crippen LogP contribution >= 0.6 is 0 Å². The van der Waals surface area contributed by atoms with Gasteiger partial charge in [0.2, 0.25) is 5.91 Å². The van der Waals surface area contributed by atoms with E-state index in [-0.39, 0.29) is 11.5 Å². The van der Waals surface area contributed by atoms with Gasteiger partial charge in [-0.1, -0.05) is 18.2 Å². The Labute approximate surface area is 217 Å². The van der Waals surface area contributed by atoms with E-state index in [0.29, 0.717) is 54.3 Å². The molecule has 1 aliphatic heterocycles. The van der Waals surface area contributed by atoms with Crippen molar-refractivity contribution in [2.75, 3.05) is 25.5 Å². The molecule has 38 heavy (non-hydrogen) atoms. The first kappa shape index (κ1) is 25.8. The normalized spacial score (nSPS) is 16.4. The monoisotopic (exact) mass is 527 g/mol. The van der Waals surface area contributed by atoms with E-state index < -0.39 is 29.4 Å². The number of amides is 1. The number of hydrogen-bond donors (Lipinski definition) is 1. The van der Waals surface area contributed by atoms with Crippen molar-refractivity contribution in [1.82, 2.24) is 29.5 Å². The zero-order valence-electron chi connectivity index (χ0n) is 21.5. The number of aromatic nitrogens is 5. The number of piperidine rings is 1. The van der Waals surface area contributed by atoms with Crippen molar-refractivity contribution < 1.29 is 22.7 Å². The van der Waals surface area contributed by atoms with Crippen molar-refractivity contribution in [3.63, 3.8) is 0 Å². The van der Waals surface area contributed by atoms with Crippen molar-refractivity contribution in [1.29, 1.82) is 0 Å². The highest BCUT2D eigenvalue weighted by molar-refractivity contribution is 5.90. The van der Waals surface area contributed by atoms with Crippen LogP contribution in [0.2, 0.25) is 0 Å². The second kappa shape index (κ2) is 9.82. The Kier molecular flexibility index (Phi) is 6.68. The molecule has 1 aromatic carbocycles. The molecule has 200 valence electrons. The number of pyridine rings is 1. The predicted octanol–water partition coefficient (Wildman–Crippen LogP) is 4.71. The highest BCUT2D eigenvalue weighted by Crippen LogP contribution is 2.40. The summed E-state index contributed by atoms with van der Waals surface area (Å²) in [5.74, 6) is -0.0810. The van der Waals surface area contributed by atoms with Crippen LogP contribution in [0.25, 0.3) is 16.7 Å². The van der Waals surface area contributed by atoms with E-state index in [1.807, 2.05) is 6.07 Å². The van der Waals surface area contributed by atoms with E-state index >= 15 is 0 Å². The maximum atomic E-state index is 14.9. The molecule has 3 aromatic heterocycles. The van der Waals surface area contributed by atoms with Gasteiger partial charge < -0.3 is 15.0 Å². The maximum absolute atomic E-state index is 14.9. The van der Waals surface area contributed by atoms with E-state index in [9.17, 15) is 18.0 Å². The molecule has 9 nitrogen and oxygen atoms in total. The topological polar surface area (TPSA) is 97.5 Å². The fourth-order valence-electron chi connectivity index (χ4n) is 5.23. The number of ether oxygens (including phenoxy) is 1. The van der Waals surface area contributed by atoms with Crippen LogP contribution in [-0.4, -0.2) is 55.6 Å². The average Bonchev–Trinajstić information content (AvgIpc) is 3.38. The molecule has 1 fully saturated rings. The Morgan fingerprint density at radius 3 is 2.53 bits per heavy atom. The molecule has 5 rings (SSSR count). The number of alkyl halides is 2. The Balaban J connectivity index is 1.63. The molecule has 0 unspecified atom stereocenters. The molecule has 12 heteroatoms. The SMILES string of the molecule is COC1(c2cc3c(N[C@H](C)c4cccc(C(F)F)c4F)nc(C)nc3n3cnnc23)CCN(C(C)=O)CC1. The van der Waals surface area contributed by atoms with Crippen LogP contribution in [0.1, 0.15) is 61.7 Å². The van der Waals surface area contributed by atoms with Gasteiger partial charge in [0.15, 0.2) is 11.3 Å². The number of nitrogens with one attached hydrogen (secondary N) is 1. The summed E-state index contributed by atoms with van der Waals surface area (Å²) in [5.41, 5.74) is 0.589. The number of anilines is 1. The third-order valence-electron chi connectivity index (χ3n) is 7.35. The first-order valence-electron chi connectivity index (χ1n) is 12.3. The number of likely N-dealkylation sites (tertiary alicyclic amines) is 1. The summed E-state index contributed by atoms with van der Waals surface area (Å²) >= 11 is 0. The van der Waals surface area contributed by atoms with Crippen molar-refractivity contribution >= 4 is 28.4 Å². The smallest absolute Gasteiger partial charge is 0.266 e. The van der Waals surface area contributed by atoms with Gasteiger partial charge in [-0.25, -0.2) is 23.1 Å². The molecule has 1 atom stereocenters. The van der Waals surface area contributed by atoms with Gasteiger partial charge in [0.25, 0.3) is 6.43 Å². The molecule has 0 radical (unpaired) electrons. The Morgan fingerprint density at radius 2 is 1.87 bits per heavy atom. The minimum absolute atomic E-state index is 0.00771. The largest absolute Gasteiger partial charge is 0.373 e. The van der Waals surface area contributed by atoms with Gasteiger partial charge in [-0.3, -0.25) is 9.20 Å². The highest BCUT2D eigenvalue weighted by Gasteiger charge is 2.40. The van der Waals surface area contributed by atoms with Gasteiger partial charge >= 0.3 is 0 Å². The molecule has 1 N–H and O–H groups in total. The standard InChI is InChI=1S/C26H28F3N7O2/c1-14(17-6-5-7-18(21(17)27)22(28)29)31-23-19-12-20(26(38-4)8-10-35(11-9-26)16(3)37)25-34-30-13-36(25)24(19)33-15(2)32-23/h5-7,12-14,22H,8-11H2,1-4H3,(H,31,32,33)/t14-/m1/s1. The first-order valence-corrected chi connectivity index (χ1v) is 12.3. The van der Waals surface area contributed by atoms with Gasteiger partial charge in [0.05, 0.1) is 22.6 Å². The summed E-state index contributed by atoms with van der Waals surface area (Å²) in [5, 5.41) is 12.3. The molecular weight excluding hydrogens is 499 g/mol. The molecule has 1 aliphatic rings. The zero-order valence-corrected chi connectivity index (χ0v) is 21.5. The van der Waals surface area contributed by atoms with Crippen LogP contribution in [0.5, 0.6) is 0 Å². The number of benzene rings is 1. The van der Waals surface area contributed by atoms with Crippen LogP contribution in [-0.2, 0) is 15.1 Å². The maximum Gasteiger partial charge on any atom is 0.266 e. The molecule has 0 aliphatic carbocycles. The minimum atomic E-state index is -2.92. The van der Waals surface area contributed by atoms with Gasteiger partial charge in [-0.15, -0.1) is 10.2 Å². The fraction of sp³-hybridized carbons (Fsp3) is 0.423. The third-order valence-corrected chi connectivity index (χ3v) is 7.35. The zero-order chi connectivity index (χ0) is 27.2. The van der Waals surface area contributed by atoms with E-state index in [2.05, 4.69) is 25.5 Å². The van der Waals surface area contributed by atoms with E-state index in [1.165, 1.54) is 12.1 Å². The van der Waals surface area contributed by atoms with Crippen molar-refractivity contribution in [3.8, 4) is 0 Å². The lowest BCUT2D eigenvalue weighted by molar-refractivity contribution is -0.134. The van der Waals surface area contributed by atoms with Crippen molar-refractivity contribution in [2.45, 2.75) is 51.7 Å². The van der Waals surface area contributed by atoms with Gasteiger partial charge in [-0.2, -0.15) is 0 Å². The average molecular weight is 528 g/mol. The second-order valence-corrected chi connectivity index (χ2v) is 9.56. The Morgan fingerprint density at radius 1 is 1.16 bits per heavy atom. The van der Waals surface area contributed by atoms with Crippen LogP contribution < -0.4 is 5.32 Å². The van der Waals surface area contributed by atoms with Crippen LogP contribution in [0.15, 0.2) is 30.6 Å². The molecule has 0 bridgehead atoms. The molecule has 0 spiro atoms. The summed E-state index contributed by atoms with van der Waals surface area (Å²) in [6.07, 6.45) is -0.266. The van der Waals surface area contributed by atoms with Gasteiger partial charge in [0.1, 0.15) is 23.8 Å². The summed E-state index contributed by atoms with van der Waals surface area (Å²) < 4.78 is 49.4. The van der Waals surface area contributed by atoms with E-state index in [4.69, 9.17) is 4.74 Å². The Hall–Kier alpha value is -3.80. The predicted molar refractivity (Wildman–Crippen MR) is 134 cm³/mol. The second-order valence-electron chi connectivity index (χ2n) is 9.56. The molecule has 1 amide bonds. The number of nitrogens with zero attached hydrogens (tertiary/aromatic N) is 6. The molecule has 4 heterocycles. The Bertz CT molecular complexity index is 1520. The number of methoxy groups -OCH3 is 1. The number of carbonyl (C=O) groups excluding carboxylic acids is 1. The van der Waals surface area contributed by atoms with Crippen LogP contribution in [0.4, 0.5) is 19.0 Å². The number of carbonyl (C=O) groups is 1. The lowest BCUT2D eigenvalue weighted by Gasteiger charge is -2.41. The molecule has 0 saturated carbocycles. The quantitative estimate of drug-likeness (QED) is 0.388. The van der Waals surface area contributed by atoms with Crippen molar-refractivity contribution in [2.24, 2.45) is 0 Å². The lowest BCUT2D eigenvalue weighted by atomic mass is 9.84. The highest BCUT2D eigenvalue weighted by atomic mass is 19.3. The first-order chi connectivity index (χ1) is 18.1. The summed E-state index contributed by atoms with van der Waals surface area (Å²) in [6.45, 7) is 6.00. The number of rotatable bonds is 6. The summed E-state index contributed by atoms with van der Waals surface area (Å²) in [6, 6.07) is 5.18. The van der Waals surface area contributed by atoms with E-state index in [0.717, 1.165) is 11.6 Å². The van der Waals surface area contributed by atoms with Gasteiger partial charge in [-0.05, 0) is 32.8 Å².